The molecular weight excluding hydrogens is 398 g/mol. The molecule has 7 heteroatoms. The number of hydrogen-bond donors (Lipinski definition) is 2. The number of nitrogens with zero attached hydrogens (tertiary/aromatic N) is 1. The molecule has 1 aliphatic carbocycles. The van der Waals surface area contributed by atoms with Gasteiger partial charge in [0.2, 0.25) is 0 Å². The Bertz CT molecular complexity index is 1110. The minimum Gasteiger partial charge on any atom is -0.331 e. The van der Waals surface area contributed by atoms with E-state index in [9.17, 15) is 14.4 Å². The number of rotatable bonds is 4. The summed E-state index contributed by atoms with van der Waals surface area (Å²) in [5, 5.41) is 0. The number of benzene rings is 2. The molecule has 0 saturated heterocycles. The molecule has 1 aromatic heterocycles. The molecule has 1 saturated carbocycles. The fourth-order valence-corrected chi connectivity index (χ4v) is 3.45. The molecule has 1 fully saturated rings. The molecular formula is C19H16BrN3O3. The molecule has 132 valence electrons. The fraction of sp³-hybridized carbons (Fsp3) is 0.211. The maximum Gasteiger partial charge on any atom is 0.314 e. The van der Waals surface area contributed by atoms with Crippen molar-refractivity contribution in [3.63, 3.8) is 0 Å². The summed E-state index contributed by atoms with van der Waals surface area (Å²) in [6.07, 6.45) is 1.99. The van der Waals surface area contributed by atoms with Crippen molar-refractivity contribution in [2.24, 2.45) is 0 Å². The van der Waals surface area contributed by atoms with Crippen molar-refractivity contribution in [1.29, 1.82) is 0 Å². The van der Waals surface area contributed by atoms with E-state index in [0.29, 0.717) is 23.1 Å². The number of carbonyl (C=O) groups excluding carboxylic acids is 1. The Kier molecular flexibility index (Phi) is 4.24. The summed E-state index contributed by atoms with van der Waals surface area (Å²) in [7, 11) is 0. The number of H-pyrrole nitrogens is 2. The maximum atomic E-state index is 13.1. The molecule has 3 aromatic rings. The second-order valence-electron chi connectivity index (χ2n) is 6.46. The molecule has 0 unspecified atom stereocenters. The summed E-state index contributed by atoms with van der Waals surface area (Å²) in [5.74, 6) is -0.0820. The van der Waals surface area contributed by atoms with Crippen LogP contribution in [0.1, 0.15) is 28.8 Å². The Morgan fingerprint density at radius 3 is 2.46 bits per heavy atom. The van der Waals surface area contributed by atoms with Crippen LogP contribution in [0.25, 0.3) is 11.0 Å². The Labute approximate surface area is 157 Å². The van der Waals surface area contributed by atoms with Crippen molar-refractivity contribution >= 4 is 32.9 Å². The highest BCUT2D eigenvalue weighted by Crippen LogP contribution is 2.30. The minimum atomic E-state index is -0.727. The van der Waals surface area contributed by atoms with Gasteiger partial charge in [0, 0.05) is 22.6 Å². The standard InChI is InChI=1S/C19H16BrN3O3/c20-13-3-1-2-11(8-13)10-23(14-5-6-14)19(26)12-4-7-15-16(9-12)22-18(25)17(24)21-15/h1-4,7-9,14H,5-6,10H2,(H,21,24)(H,22,25). The van der Waals surface area contributed by atoms with Crippen LogP contribution in [0.2, 0.25) is 0 Å². The molecule has 1 heterocycles. The maximum absolute atomic E-state index is 13.1. The second-order valence-corrected chi connectivity index (χ2v) is 7.38. The number of fused-ring (bicyclic) bond motifs is 1. The van der Waals surface area contributed by atoms with E-state index in [0.717, 1.165) is 22.9 Å². The quantitative estimate of drug-likeness (QED) is 0.644. The van der Waals surface area contributed by atoms with Crippen LogP contribution in [0.3, 0.4) is 0 Å². The smallest absolute Gasteiger partial charge is 0.314 e. The van der Waals surface area contributed by atoms with Gasteiger partial charge in [-0.2, -0.15) is 0 Å². The Balaban J connectivity index is 1.67. The van der Waals surface area contributed by atoms with Gasteiger partial charge in [-0.3, -0.25) is 14.4 Å². The first-order chi connectivity index (χ1) is 12.5. The first kappa shape index (κ1) is 16.8. The monoisotopic (exact) mass is 413 g/mol. The molecule has 4 rings (SSSR count). The second kappa shape index (κ2) is 6.57. The highest BCUT2D eigenvalue weighted by Gasteiger charge is 2.33. The van der Waals surface area contributed by atoms with Crippen molar-refractivity contribution in [3.8, 4) is 0 Å². The highest BCUT2D eigenvalue weighted by atomic mass is 79.9. The molecule has 0 bridgehead atoms. The van der Waals surface area contributed by atoms with Crippen LogP contribution in [0.15, 0.2) is 56.5 Å². The third-order valence-corrected chi connectivity index (χ3v) is 4.95. The van der Waals surface area contributed by atoms with Crippen LogP contribution in [0, 0.1) is 0 Å². The van der Waals surface area contributed by atoms with Gasteiger partial charge in [0.1, 0.15) is 0 Å². The lowest BCUT2D eigenvalue weighted by molar-refractivity contribution is 0.0730. The molecule has 2 aromatic carbocycles. The minimum absolute atomic E-state index is 0.0820. The zero-order chi connectivity index (χ0) is 18.3. The third kappa shape index (κ3) is 3.35. The van der Waals surface area contributed by atoms with Gasteiger partial charge in [0.05, 0.1) is 11.0 Å². The number of carbonyl (C=O) groups is 1. The van der Waals surface area contributed by atoms with Gasteiger partial charge >= 0.3 is 11.1 Å². The largest absolute Gasteiger partial charge is 0.331 e. The summed E-state index contributed by atoms with van der Waals surface area (Å²) in [4.78, 5) is 42.9. The SMILES string of the molecule is O=C(c1ccc2[nH]c(=O)c(=O)[nH]c2c1)N(Cc1cccc(Br)c1)C1CC1. The van der Waals surface area contributed by atoms with Crippen molar-refractivity contribution < 1.29 is 4.79 Å². The number of amides is 1. The zero-order valence-electron chi connectivity index (χ0n) is 13.8. The van der Waals surface area contributed by atoms with E-state index in [-0.39, 0.29) is 11.9 Å². The normalized spacial score (nSPS) is 13.7. The molecule has 0 radical (unpaired) electrons. The Morgan fingerprint density at radius 2 is 1.77 bits per heavy atom. The Morgan fingerprint density at radius 1 is 1.04 bits per heavy atom. The molecule has 1 aliphatic rings. The van der Waals surface area contributed by atoms with E-state index in [4.69, 9.17) is 0 Å². The van der Waals surface area contributed by atoms with Gasteiger partial charge in [0.25, 0.3) is 5.91 Å². The van der Waals surface area contributed by atoms with E-state index in [2.05, 4.69) is 25.9 Å². The number of hydrogen-bond acceptors (Lipinski definition) is 3. The molecule has 1 amide bonds. The van der Waals surface area contributed by atoms with E-state index >= 15 is 0 Å². The van der Waals surface area contributed by atoms with Gasteiger partial charge in [-0.1, -0.05) is 28.1 Å². The number of nitrogens with one attached hydrogen (secondary N) is 2. The van der Waals surface area contributed by atoms with E-state index in [1.165, 1.54) is 0 Å². The predicted octanol–water partition coefficient (Wildman–Crippen LogP) is 2.78. The van der Waals surface area contributed by atoms with Gasteiger partial charge in [-0.25, -0.2) is 0 Å². The van der Waals surface area contributed by atoms with Crippen LogP contribution in [-0.2, 0) is 6.54 Å². The van der Waals surface area contributed by atoms with Crippen LogP contribution in [0.4, 0.5) is 0 Å². The molecule has 26 heavy (non-hydrogen) atoms. The topological polar surface area (TPSA) is 86.0 Å². The van der Waals surface area contributed by atoms with Crippen LogP contribution >= 0.6 is 15.9 Å². The lowest BCUT2D eigenvalue weighted by Gasteiger charge is -2.23. The van der Waals surface area contributed by atoms with Gasteiger partial charge in [-0.05, 0) is 48.7 Å². The van der Waals surface area contributed by atoms with Crippen molar-refractivity contribution in [2.45, 2.75) is 25.4 Å². The fourth-order valence-electron chi connectivity index (χ4n) is 3.00. The van der Waals surface area contributed by atoms with Crippen LogP contribution in [0.5, 0.6) is 0 Å². The lowest BCUT2D eigenvalue weighted by atomic mass is 10.1. The molecule has 0 spiro atoms. The molecule has 0 atom stereocenters. The van der Waals surface area contributed by atoms with Crippen molar-refractivity contribution in [2.75, 3.05) is 0 Å². The van der Waals surface area contributed by atoms with Crippen molar-refractivity contribution in [3.05, 3.63) is 78.8 Å². The van der Waals surface area contributed by atoms with Crippen molar-refractivity contribution in [1.82, 2.24) is 14.9 Å². The number of aromatic nitrogens is 2. The van der Waals surface area contributed by atoms with E-state index in [1.54, 1.807) is 18.2 Å². The first-order valence-corrected chi connectivity index (χ1v) is 9.12. The Hall–Kier alpha value is -2.67. The summed E-state index contributed by atoms with van der Waals surface area (Å²) in [6, 6.07) is 13.1. The molecule has 6 nitrogen and oxygen atoms in total. The third-order valence-electron chi connectivity index (χ3n) is 4.46. The van der Waals surface area contributed by atoms with E-state index in [1.807, 2.05) is 29.2 Å². The predicted molar refractivity (Wildman–Crippen MR) is 102 cm³/mol. The summed E-state index contributed by atoms with van der Waals surface area (Å²) in [6.45, 7) is 0.531. The van der Waals surface area contributed by atoms with Gasteiger partial charge < -0.3 is 14.9 Å². The van der Waals surface area contributed by atoms with E-state index < -0.39 is 11.1 Å². The van der Waals surface area contributed by atoms with Gasteiger partial charge in [0.15, 0.2) is 0 Å². The zero-order valence-corrected chi connectivity index (χ0v) is 15.4. The first-order valence-electron chi connectivity index (χ1n) is 8.33. The number of aromatic amines is 2. The highest BCUT2D eigenvalue weighted by molar-refractivity contribution is 9.10. The molecule has 2 N–H and O–H groups in total. The number of halogens is 1. The van der Waals surface area contributed by atoms with Crippen LogP contribution in [-0.4, -0.2) is 26.8 Å². The summed E-state index contributed by atoms with van der Waals surface area (Å²) >= 11 is 3.46. The molecule has 0 aliphatic heterocycles. The summed E-state index contributed by atoms with van der Waals surface area (Å²) in [5.41, 5.74) is 1.05. The summed E-state index contributed by atoms with van der Waals surface area (Å²) < 4.78 is 0.977. The average Bonchev–Trinajstić information content (AvgIpc) is 3.45. The van der Waals surface area contributed by atoms with Crippen LogP contribution < -0.4 is 11.1 Å². The average molecular weight is 414 g/mol. The van der Waals surface area contributed by atoms with Gasteiger partial charge in [-0.15, -0.1) is 0 Å². The lowest BCUT2D eigenvalue weighted by Crippen LogP contribution is -2.33.